The van der Waals surface area contributed by atoms with Crippen molar-refractivity contribution in [1.29, 1.82) is 0 Å². The predicted molar refractivity (Wildman–Crippen MR) is 78.1 cm³/mol. The fourth-order valence-electron chi connectivity index (χ4n) is 2.97. The van der Waals surface area contributed by atoms with Crippen molar-refractivity contribution in [3.63, 3.8) is 0 Å². The van der Waals surface area contributed by atoms with Crippen LogP contribution in [0.1, 0.15) is 47.5 Å². The van der Waals surface area contributed by atoms with Gasteiger partial charge in [-0.05, 0) is 53.0 Å². The van der Waals surface area contributed by atoms with Crippen LogP contribution in [0.3, 0.4) is 0 Å². The zero-order valence-corrected chi connectivity index (χ0v) is 13.2. The van der Waals surface area contributed by atoms with E-state index in [0.717, 1.165) is 25.6 Å². The van der Waals surface area contributed by atoms with Gasteiger partial charge in [-0.3, -0.25) is 10.1 Å². The predicted octanol–water partition coefficient (Wildman–Crippen LogP) is 2.04. The molecule has 4 nitrogen and oxygen atoms in total. The zero-order valence-electron chi connectivity index (χ0n) is 13.2. The molecular weight excluding hydrogens is 240 g/mol. The van der Waals surface area contributed by atoms with Crippen molar-refractivity contribution in [2.24, 2.45) is 5.92 Å². The Balaban J connectivity index is 2.69. The highest BCUT2D eigenvalue weighted by Gasteiger charge is 2.37. The molecule has 0 amide bonds. The fourth-order valence-corrected chi connectivity index (χ4v) is 2.97. The summed E-state index contributed by atoms with van der Waals surface area (Å²) in [5.41, 5.74) is -0.610. The molecule has 2 unspecified atom stereocenters. The molecule has 19 heavy (non-hydrogen) atoms. The summed E-state index contributed by atoms with van der Waals surface area (Å²) in [5.74, 6) is 0.584. The van der Waals surface area contributed by atoms with Crippen LogP contribution in [0.2, 0.25) is 0 Å². The lowest BCUT2D eigenvalue weighted by molar-refractivity contribution is -0.152. The molecule has 1 aliphatic heterocycles. The Hall–Kier alpha value is -0.610. The smallest absolute Gasteiger partial charge is 0.327 e. The number of esters is 1. The Bertz CT molecular complexity index is 294. The standard InChI is InChI=1S/C15H30N2O2/c1-6-19-14(18)15(5,16-12(2)3)11-17-9-7-8-13(4)10-17/h12-13,16H,6-11H2,1-5H3. The van der Waals surface area contributed by atoms with E-state index in [2.05, 4.69) is 31.0 Å². The number of hydrogen-bond donors (Lipinski definition) is 1. The molecule has 0 bridgehead atoms. The molecule has 0 aromatic heterocycles. The van der Waals surface area contributed by atoms with Crippen molar-refractivity contribution in [3.05, 3.63) is 0 Å². The van der Waals surface area contributed by atoms with E-state index in [9.17, 15) is 4.79 Å². The summed E-state index contributed by atoms with van der Waals surface area (Å²) >= 11 is 0. The SMILES string of the molecule is CCOC(=O)C(C)(CN1CCCC(C)C1)NC(C)C. The summed E-state index contributed by atoms with van der Waals surface area (Å²) in [5, 5.41) is 3.39. The molecule has 2 atom stereocenters. The molecule has 1 fully saturated rings. The third-order valence-electron chi connectivity index (χ3n) is 3.61. The number of ether oxygens (including phenoxy) is 1. The Labute approximate surface area is 117 Å². The van der Waals surface area contributed by atoms with Gasteiger partial charge in [0.2, 0.25) is 0 Å². The topological polar surface area (TPSA) is 41.6 Å². The van der Waals surface area contributed by atoms with E-state index in [1.165, 1.54) is 12.8 Å². The number of rotatable bonds is 6. The molecule has 1 N–H and O–H groups in total. The van der Waals surface area contributed by atoms with Gasteiger partial charge in [0, 0.05) is 19.1 Å². The van der Waals surface area contributed by atoms with Crippen LogP contribution in [0.25, 0.3) is 0 Å². The maximum atomic E-state index is 12.2. The van der Waals surface area contributed by atoms with Crippen molar-refractivity contribution >= 4 is 5.97 Å². The van der Waals surface area contributed by atoms with E-state index in [-0.39, 0.29) is 12.0 Å². The molecule has 4 heteroatoms. The van der Waals surface area contributed by atoms with Gasteiger partial charge in [-0.2, -0.15) is 0 Å². The summed E-state index contributed by atoms with van der Waals surface area (Å²) in [6, 6.07) is 0.261. The molecule has 0 aromatic rings. The average Bonchev–Trinajstić information content (AvgIpc) is 2.27. The van der Waals surface area contributed by atoms with Crippen molar-refractivity contribution in [2.45, 2.75) is 59.0 Å². The minimum absolute atomic E-state index is 0.137. The van der Waals surface area contributed by atoms with Crippen molar-refractivity contribution in [3.8, 4) is 0 Å². The number of likely N-dealkylation sites (tertiary alicyclic amines) is 1. The van der Waals surface area contributed by atoms with Gasteiger partial charge in [-0.15, -0.1) is 0 Å². The maximum Gasteiger partial charge on any atom is 0.327 e. The second kappa shape index (κ2) is 7.25. The van der Waals surface area contributed by atoms with Gasteiger partial charge in [-0.25, -0.2) is 0 Å². The second-order valence-electron chi connectivity index (χ2n) is 6.33. The number of hydrogen-bond acceptors (Lipinski definition) is 4. The quantitative estimate of drug-likeness (QED) is 0.750. The maximum absolute atomic E-state index is 12.2. The van der Waals surface area contributed by atoms with Gasteiger partial charge in [0.15, 0.2) is 0 Å². The Morgan fingerprint density at radius 1 is 1.53 bits per heavy atom. The van der Waals surface area contributed by atoms with Crippen LogP contribution in [0, 0.1) is 5.92 Å². The van der Waals surface area contributed by atoms with E-state index >= 15 is 0 Å². The first-order valence-corrected chi connectivity index (χ1v) is 7.54. The van der Waals surface area contributed by atoms with Crippen molar-refractivity contribution in [1.82, 2.24) is 10.2 Å². The summed E-state index contributed by atoms with van der Waals surface area (Å²) < 4.78 is 5.25. The molecule has 1 rings (SSSR count). The Morgan fingerprint density at radius 2 is 2.21 bits per heavy atom. The molecule has 1 saturated heterocycles. The highest BCUT2D eigenvalue weighted by atomic mass is 16.5. The van der Waals surface area contributed by atoms with Gasteiger partial charge < -0.3 is 9.64 Å². The first-order valence-electron chi connectivity index (χ1n) is 7.54. The van der Waals surface area contributed by atoms with Crippen LogP contribution in [0.15, 0.2) is 0 Å². The van der Waals surface area contributed by atoms with Crippen LogP contribution in [-0.2, 0) is 9.53 Å². The summed E-state index contributed by atoms with van der Waals surface area (Å²) in [6.45, 7) is 13.6. The van der Waals surface area contributed by atoms with Gasteiger partial charge in [0.25, 0.3) is 0 Å². The molecule has 0 aliphatic carbocycles. The van der Waals surface area contributed by atoms with Gasteiger partial charge in [0.05, 0.1) is 6.61 Å². The number of carbonyl (C=O) groups is 1. The summed E-state index contributed by atoms with van der Waals surface area (Å²) in [6.07, 6.45) is 2.52. The largest absolute Gasteiger partial charge is 0.465 e. The number of nitrogens with zero attached hydrogens (tertiary/aromatic N) is 1. The van der Waals surface area contributed by atoms with Crippen molar-refractivity contribution < 1.29 is 9.53 Å². The molecule has 1 heterocycles. The molecular formula is C15H30N2O2. The molecule has 112 valence electrons. The third kappa shape index (κ3) is 5.11. The lowest BCUT2D eigenvalue weighted by Crippen LogP contribution is -2.60. The first kappa shape index (κ1) is 16.4. The van der Waals surface area contributed by atoms with E-state index in [1.54, 1.807) is 0 Å². The second-order valence-corrected chi connectivity index (χ2v) is 6.33. The minimum atomic E-state index is -0.610. The summed E-state index contributed by atoms with van der Waals surface area (Å²) in [4.78, 5) is 14.6. The monoisotopic (exact) mass is 270 g/mol. The molecule has 0 spiro atoms. The lowest BCUT2D eigenvalue weighted by Gasteiger charge is -2.38. The van der Waals surface area contributed by atoms with Crippen LogP contribution in [0.5, 0.6) is 0 Å². The molecule has 0 radical (unpaired) electrons. The van der Waals surface area contributed by atoms with E-state index < -0.39 is 5.54 Å². The Morgan fingerprint density at radius 3 is 2.74 bits per heavy atom. The average molecular weight is 270 g/mol. The van der Waals surface area contributed by atoms with Gasteiger partial charge >= 0.3 is 5.97 Å². The highest BCUT2D eigenvalue weighted by molar-refractivity contribution is 5.80. The highest BCUT2D eigenvalue weighted by Crippen LogP contribution is 2.19. The van der Waals surface area contributed by atoms with Crippen LogP contribution in [0.4, 0.5) is 0 Å². The number of piperidine rings is 1. The normalized spacial score (nSPS) is 24.2. The zero-order chi connectivity index (χ0) is 14.5. The lowest BCUT2D eigenvalue weighted by atomic mass is 9.95. The van der Waals surface area contributed by atoms with E-state index in [1.807, 2.05) is 13.8 Å². The number of carbonyl (C=O) groups excluding carboxylic acids is 1. The molecule has 0 aromatic carbocycles. The van der Waals surface area contributed by atoms with Crippen LogP contribution < -0.4 is 5.32 Å². The molecule has 1 aliphatic rings. The van der Waals surface area contributed by atoms with Crippen molar-refractivity contribution in [2.75, 3.05) is 26.2 Å². The van der Waals surface area contributed by atoms with Gasteiger partial charge in [0.1, 0.15) is 5.54 Å². The first-order chi connectivity index (χ1) is 8.87. The Kier molecular flexibility index (Phi) is 6.27. The van der Waals surface area contributed by atoms with E-state index in [0.29, 0.717) is 6.61 Å². The number of nitrogens with one attached hydrogen (secondary N) is 1. The summed E-state index contributed by atoms with van der Waals surface area (Å²) in [7, 11) is 0. The van der Waals surface area contributed by atoms with Crippen LogP contribution >= 0.6 is 0 Å². The minimum Gasteiger partial charge on any atom is -0.465 e. The third-order valence-corrected chi connectivity index (χ3v) is 3.61. The fraction of sp³-hybridized carbons (Fsp3) is 0.933. The molecule has 0 saturated carbocycles. The van der Waals surface area contributed by atoms with E-state index in [4.69, 9.17) is 4.74 Å². The van der Waals surface area contributed by atoms with Gasteiger partial charge in [-0.1, -0.05) is 6.92 Å². The van der Waals surface area contributed by atoms with Crippen LogP contribution in [-0.4, -0.2) is 48.7 Å².